The van der Waals surface area contributed by atoms with E-state index in [0.29, 0.717) is 19.4 Å². The van der Waals surface area contributed by atoms with Gasteiger partial charge in [0.25, 0.3) is 0 Å². The molecule has 0 aliphatic carbocycles. The van der Waals surface area contributed by atoms with Crippen molar-refractivity contribution in [2.24, 2.45) is 0 Å². The van der Waals surface area contributed by atoms with Crippen LogP contribution in [0.4, 0.5) is 0 Å². The van der Waals surface area contributed by atoms with Gasteiger partial charge in [-0.1, -0.05) is 6.07 Å². The SMILES string of the molecule is Cc1cc2c(cc1CCOC(=O)Cc1cccs1)OCO2. The quantitative estimate of drug-likeness (QED) is 0.796. The third-order valence-corrected chi connectivity index (χ3v) is 4.24. The molecule has 2 heterocycles. The third-order valence-electron chi connectivity index (χ3n) is 3.36. The molecule has 110 valence electrons. The lowest BCUT2D eigenvalue weighted by Crippen LogP contribution is -2.10. The number of fused-ring (bicyclic) bond motifs is 1. The van der Waals surface area contributed by atoms with Crippen molar-refractivity contribution in [1.29, 1.82) is 0 Å². The van der Waals surface area contributed by atoms with Gasteiger partial charge in [0.1, 0.15) is 0 Å². The van der Waals surface area contributed by atoms with Crippen molar-refractivity contribution in [3.8, 4) is 11.5 Å². The van der Waals surface area contributed by atoms with Crippen LogP contribution in [0.15, 0.2) is 29.6 Å². The number of aryl methyl sites for hydroxylation is 1. The molecule has 3 rings (SSSR count). The minimum absolute atomic E-state index is 0.184. The molecule has 0 bridgehead atoms. The summed E-state index contributed by atoms with van der Waals surface area (Å²) in [5, 5.41) is 1.96. The van der Waals surface area contributed by atoms with E-state index in [9.17, 15) is 4.79 Å². The predicted octanol–water partition coefficient (Wildman–Crippen LogP) is 3.11. The molecular weight excluding hydrogens is 288 g/mol. The summed E-state index contributed by atoms with van der Waals surface area (Å²) in [6, 6.07) is 7.80. The Labute approximate surface area is 127 Å². The molecule has 2 aromatic rings. The normalized spacial score (nSPS) is 12.4. The number of ether oxygens (including phenoxy) is 3. The van der Waals surface area contributed by atoms with Gasteiger partial charge in [-0.25, -0.2) is 0 Å². The van der Waals surface area contributed by atoms with Gasteiger partial charge in [0, 0.05) is 11.3 Å². The van der Waals surface area contributed by atoms with Gasteiger partial charge in [-0.15, -0.1) is 11.3 Å². The Morgan fingerprint density at radius 2 is 2.14 bits per heavy atom. The van der Waals surface area contributed by atoms with Gasteiger partial charge >= 0.3 is 5.97 Å². The molecular formula is C16H16O4S. The van der Waals surface area contributed by atoms with Gasteiger partial charge in [0.05, 0.1) is 13.0 Å². The highest BCUT2D eigenvalue weighted by atomic mass is 32.1. The van der Waals surface area contributed by atoms with Crippen molar-refractivity contribution in [3.05, 3.63) is 45.6 Å². The Bertz CT molecular complexity index is 634. The summed E-state index contributed by atoms with van der Waals surface area (Å²) in [5.41, 5.74) is 2.23. The van der Waals surface area contributed by atoms with Gasteiger partial charge in [0.15, 0.2) is 11.5 Å². The fourth-order valence-corrected chi connectivity index (χ4v) is 2.93. The summed E-state index contributed by atoms with van der Waals surface area (Å²) in [7, 11) is 0. The van der Waals surface area contributed by atoms with E-state index in [0.717, 1.165) is 27.5 Å². The smallest absolute Gasteiger partial charge is 0.311 e. The molecule has 0 saturated heterocycles. The maximum atomic E-state index is 11.7. The van der Waals surface area contributed by atoms with Crippen molar-refractivity contribution in [1.82, 2.24) is 0 Å². The molecule has 0 atom stereocenters. The average Bonchev–Trinajstić information content (AvgIpc) is 3.10. The van der Waals surface area contributed by atoms with Crippen molar-refractivity contribution < 1.29 is 19.0 Å². The first kappa shape index (κ1) is 13.9. The van der Waals surface area contributed by atoms with Crippen LogP contribution in [-0.4, -0.2) is 19.4 Å². The fourth-order valence-electron chi connectivity index (χ4n) is 2.24. The number of thiophene rings is 1. The standard InChI is InChI=1S/C16H16O4S/c1-11-7-14-15(20-10-19-14)8-12(11)4-5-18-16(17)9-13-3-2-6-21-13/h2-3,6-8H,4-5,9-10H2,1H3. The van der Waals surface area contributed by atoms with Crippen molar-refractivity contribution in [3.63, 3.8) is 0 Å². The Hall–Kier alpha value is -2.01. The second kappa shape index (κ2) is 6.18. The van der Waals surface area contributed by atoms with Gasteiger partial charge < -0.3 is 14.2 Å². The molecule has 1 aromatic heterocycles. The van der Waals surface area contributed by atoms with E-state index in [1.54, 1.807) is 11.3 Å². The molecule has 0 radical (unpaired) electrons. The fraction of sp³-hybridized carbons (Fsp3) is 0.312. The second-order valence-corrected chi connectivity index (χ2v) is 5.89. The van der Waals surface area contributed by atoms with E-state index < -0.39 is 0 Å². The molecule has 0 unspecified atom stereocenters. The Kier molecular flexibility index (Phi) is 4.10. The van der Waals surface area contributed by atoms with Crippen LogP contribution in [0.5, 0.6) is 11.5 Å². The van der Waals surface area contributed by atoms with Crippen molar-refractivity contribution in [2.45, 2.75) is 19.8 Å². The minimum Gasteiger partial charge on any atom is -0.465 e. The molecule has 5 heteroatoms. The first-order chi connectivity index (χ1) is 10.2. The first-order valence-electron chi connectivity index (χ1n) is 6.79. The lowest BCUT2D eigenvalue weighted by Gasteiger charge is -2.08. The number of rotatable bonds is 5. The average molecular weight is 304 g/mol. The van der Waals surface area contributed by atoms with Crippen molar-refractivity contribution in [2.75, 3.05) is 13.4 Å². The van der Waals surface area contributed by atoms with Crippen LogP contribution in [0.25, 0.3) is 0 Å². The second-order valence-electron chi connectivity index (χ2n) is 4.86. The van der Waals surface area contributed by atoms with E-state index in [-0.39, 0.29) is 12.8 Å². The van der Waals surface area contributed by atoms with E-state index in [2.05, 4.69) is 0 Å². The van der Waals surface area contributed by atoms with Gasteiger partial charge in [-0.2, -0.15) is 0 Å². The van der Waals surface area contributed by atoms with Gasteiger partial charge in [0.2, 0.25) is 6.79 Å². The van der Waals surface area contributed by atoms with Crippen LogP contribution in [0.2, 0.25) is 0 Å². The first-order valence-corrected chi connectivity index (χ1v) is 7.67. The van der Waals surface area contributed by atoms with Crippen LogP contribution < -0.4 is 9.47 Å². The zero-order valence-corrected chi connectivity index (χ0v) is 12.6. The summed E-state index contributed by atoms with van der Waals surface area (Å²) in [5.74, 6) is 1.36. The highest BCUT2D eigenvalue weighted by Crippen LogP contribution is 2.34. The molecule has 1 aliphatic heterocycles. The largest absolute Gasteiger partial charge is 0.465 e. The van der Waals surface area contributed by atoms with E-state index in [1.165, 1.54) is 0 Å². The Balaban J connectivity index is 1.52. The lowest BCUT2D eigenvalue weighted by atomic mass is 10.1. The number of hydrogen-bond acceptors (Lipinski definition) is 5. The number of hydrogen-bond donors (Lipinski definition) is 0. The molecule has 0 N–H and O–H groups in total. The predicted molar refractivity (Wildman–Crippen MR) is 80.0 cm³/mol. The van der Waals surface area contributed by atoms with Crippen LogP contribution in [0.3, 0.4) is 0 Å². The van der Waals surface area contributed by atoms with Crippen LogP contribution in [0, 0.1) is 6.92 Å². The maximum absolute atomic E-state index is 11.7. The minimum atomic E-state index is -0.184. The molecule has 4 nitrogen and oxygen atoms in total. The number of carbonyl (C=O) groups is 1. The molecule has 0 fully saturated rings. The molecule has 0 spiro atoms. The maximum Gasteiger partial charge on any atom is 0.311 e. The van der Waals surface area contributed by atoms with Crippen LogP contribution in [-0.2, 0) is 22.4 Å². The molecule has 0 saturated carbocycles. The molecule has 1 aliphatic rings. The lowest BCUT2D eigenvalue weighted by molar-refractivity contribution is -0.142. The zero-order chi connectivity index (χ0) is 14.7. The Morgan fingerprint density at radius 3 is 2.90 bits per heavy atom. The van der Waals surface area contributed by atoms with E-state index in [4.69, 9.17) is 14.2 Å². The Morgan fingerprint density at radius 1 is 1.33 bits per heavy atom. The molecule has 21 heavy (non-hydrogen) atoms. The van der Waals surface area contributed by atoms with Crippen molar-refractivity contribution >= 4 is 17.3 Å². The zero-order valence-electron chi connectivity index (χ0n) is 11.8. The van der Waals surface area contributed by atoms with E-state index >= 15 is 0 Å². The molecule has 0 amide bonds. The summed E-state index contributed by atoms with van der Waals surface area (Å²) < 4.78 is 16.0. The highest BCUT2D eigenvalue weighted by molar-refractivity contribution is 7.10. The third kappa shape index (κ3) is 3.36. The number of carbonyl (C=O) groups excluding carboxylic acids is 1. The van der Waals surface area contributed by atoms with Gasteiger partial charge in [-0.05, 0) is 41.6 Å². The van der Waals surface area contributed by atoms with Gasteiger partial charge in [-0.3, -0.25) is 4.79 Å². The summed E-state index contributed by atoms with van der Waals surface area (Å²) in [6.07, 6.45) is 1.02. The van der Waals surface area contributed by atoms with E-state index in [1.807, 2.05) is 36.6 Å². The molecule has 1 aromatic carbocycles. The summed E-state index contributed by atoms with van der Waals surface area (Å²) in [4.78, 5) is 12.7. The summed E-state index contributed by atoms with van der Waals surface area (Å²) in [6.45, 7) is 2.67. The van der Waals surface area contributed by atoms with Crippen LogP contribution in [0.1, 0.15) is 16.0 Å². The van der Waals surface area contributed by atoms with Crippen LogP contribution >= 0.6 is 11.3 Å². The highest BCUT2D eigenvalue weighted by Gasteiger charge is 2.15. The number of esters is 1. The topological polar surface area (TPSA) is 44.8 Å². The monoisotopic (exact) mass is 304 g/mol. The summed E-state index contributed by atoms with van der Waals surface area (Å²) >= 11 is 1.57. The number of benzene rings is 1.